The normalized spacial score (nSPS) is 21.8. The van der Waals surface area contributed by atoms with Crippen LogP contribution in [0.25, 0.3) is 0 Å². The molecule has 3 heteroatoms. The predicted molar refractivity (Wildman–Crippen MR) is 53.3 cm³/mol. The highest BCUT2D eigenvalue weighted by molar-refractivity contribution is 5.77. The third kappa shape index (κ3) is 2.99. The van der Waals surface area contributed by atoms with Crippen molar-refractivity contribution in [1.82, 2.24) is 5.32 Å². The third-order valence-electron chi connectivity index (χ3n) is 2.88. The molecule has 0 spiro atoms. The van der Waals surface area contributed by atoms with Crippen molar-refractivity contribution in [3.05, 3.63) is 0 Å². The minimum absolute atomic E-state index is 0.108. The van der Waals surface area contributed by atoms with Gasteiger partial charge in [0.15, 0.2) is 0 Å². The molecule has 0 saturated heterocycles. The molecule has 1 unspecified atom stereocenters. The molecule has 1 rings (SSSR count). The van der Waals surface area contributed by atoms with E-state index in [1.165, 1.54) is 6.42 Å². The van der Waals surface area contributed by atoms with Crippen molar-refractivity contribution in [2.45, 2.75) is 57.5 Å². The maximum atomic E-state index is 11.4. The summed E-state index contributed by atoms with van der Waals surface area (Å²) in [7, 11) is 0. The van der Waals surface area contributed by atoms with E-state index in [4.69, 9.17) is 5.73 Å². The molecule has 3 nitrogen and oxygen atoms in total. The summed E-state index contributed by atoms with van der Waals surface area (Å²) in [6, 6.07) is 0.274. The van der Waals surface area contributed by atoms with Crippen molar-refractivity contribution in [3.8, 4) is 0 Å². The smallest absolute Gasteiger partial charge is 0.222 e. The van der Waals surface area contributed by atoms with Crippen molar-refractivity contribution in [2.75, 3.05) is 0 Å². The van der Waals surface area contributed by atoms with E-state index in [0.29, 0.717) is 6.42 Å². The summed E-state index contributed by atoms with van der Waals surface area (Å²) >= 11 is 0. The predicted octanol–water partition coefficient (Wildman–Crippen LogP) is 1.17. The first kappa shape index (κ1) is 10.5. The van der Waals surface area contributed by atoms with Gasteiger partial charge >= 0.3 is 0 Å². The van der Waals surface area contributed by atoms with Gasteiger partial charge in [-0.1, -0.05) is 6.92 Å². The molecule has 0 bridgehead atoms. The standard InChI is InChI=1S/C10H20N2O/c1-3-8(2)12-9(13)7-10(11)5-4-6-10/h8H,3-7,11H2,1-2H3,(H,12,13). The highest BCUT2D eigenvalue weighted by Gasteiger charge is 2.34. The number of rotatable bonds is 4. The van der Waals surface area contributed by atoms with Gasteiger partial charge in [0.25, 0.3) is 0 Å². The van der Waals surface area contributed by atoms with Crippen LogP contribution < -0.4 is 11.1 Å². The van der Waals surface area contributed by atoms with Crippen LogP contribution in [0.15, 0.2) is 0 Å². The number of hydrogen-bond acceptors (Lipinski definition) is 2. The van der Waals surface area contributed by atoms with Gasteiger partial charge in [-0.3, -0.25) is 4.79 Å². The second kappa shape index (κ2) is 4.09. The Balaban J connectivity index is 2.24. The molecule has 1 aliphatic carbocycles. The zero-order valence-corrected chi connectivity index (χ0v) is 8.60. The minimum atomic E-state index is -0.183. The summed E-state index contributed by atoms with van der Waals surface area (Å²) in [6.07, 6.45) is 4.65. The summed E-state index contributed by atoms with van der Waals surface area (Å²) in [5.74, 6) is 0.108. The van der Waals surface area contributed by atoms with Gasteiger partial charge in [0.1, 0.15) is 0 Å². The van der Waals surface area contributed by atoms with E-state index in [-0.39, 0.29) is 17.5 Å². The van der Waals surface area contributed by atoms with Gasteiger partial charge in [0.05, 0.1) is 0 Å². The van der Waals surface area contributed by atoms with E-state index < -0.39 is 0 Å². The van der Waals surface area contributed by atoms with Crippen molar-refractivity contribution in [2.24, 2.45) is 5.73 Å². The Morgan fingerprint density at radius 3 is 2.62 bits per heavy atom. The number of nitrogens with two attached hydrogens (primary N) is 1. The Morgan fingerprint density at radius 2 is 2.23 bits per heavy atom. The third-order valence-corrected chi connectivity index (χ3v) is 2.88. The first-order chi connectivity index (χ1) is 6.06. The summed E-state index contributed by atoms with van der Waals surface area (Å²) in [5, 5.41) is 2.93. The van der Waals surface area contributed by atoms with E-state index in [0.717, 1.165) is 19.3 Å². The van der Waals surface area contributed by atoms with Gasteiger partial charge < -0.3 is 11.1 Å². The molecule has 1 fully saturated rings. The van der Waals surface area contributed by atoms with E-state index in [1.54, 1.807) is 0 Å². The van der Waals surface area contributed by atoms with E-state index >= 15 is 0 Å². The van der Waals surface area contributed by atoms with E-state index in [9.17, 15) is 4.79 Å². The molecule has 1 saturated carbocycles. The second-order valence-electron chi connectivity index (χ2n) is 4.27. The van der Waals surface area contributed by atoms with Gasteiger partial charge in [-0.2, -0.15) is 0 Å². The largest absolute Gasteiger partial charge is 0.354 e. The highest BCUT2D eigenvalue weighted by Crippen LogP contribution is 2.31. The van der Waals surface area contributed by atoms with Gasteiger partial charge in [-0.15, -0.1) is 0 Å². The second-order valence-corrected chi connectivity index (χ2v) is 4.27. The molecule has 3 N–H and O–H groups in total. The Morgan fingerprint density at radius 1 is 1.62 bits per heavy atom. The molecule has 0 radical (unpaired) electrons. The lowest BCUT2D eigenvalue weighted by atomic mass is 9.75. The van der Waals surface area contributed by atoms with Crippen molar-refractivity contribution >= 4 is 5.91 Å². The van der Waals surface area contributed by atoms with Crippen molar-refractivity contribution < 1.29 is 4.79 Å². The van der Waals surface area contributed by atoms with E-state index in [2.05, 4.69) is 12.2 Å². The molecule has 0 aromatic rings. The van der Waals surface area contributed by atoms with Gasteiger partial charge in [0.2, 0.25) is 5.91 Å². The zero-order chi connectivity index (χ0) is 9.90. The summed E-state index contributed by atoms with van der Waals surface area (Å²) in [4.78, 5) is 11.4. The number of amides is 1. The molecule has 0 heterocycles. The van der Waals surface area contributed by atoms with Crippen molar-refractivity contribution in [3.63, 3.8) is 0 Å². The van der Waals surface area contributed by atoms with Crippen LogP contribution in [0.4, 0.5) is 0 Å². The minimum Gasteiger partial charge on any atom is -0.354 e. The van der Waals surface area contributed by atoms with Gasteiger partial charge in [-0.05, 0) is 32.6 Å². The lowest BCUT2D eigenvalue weighted by Gasteiger charge is -2.37. The van der Waals surface area contributed by atoms with Gasteiger partial charge in [0, 0.05) is 18.0 Å². The molecular formula is C10H20N2O. The fourth-order valence-corrected chi connectivity index (χ4v) is 1.56. The molecule has 13 heavy (non-hydrogen) atoms. The number of hydrogen-bond donors (Lipinski definition) is 2. The van der Waals surface area contributed by atoms with Crippen LogP contribution in [-0.4, -0.2) is 17.5 Å². The molecule has 1 aliphatic rings. The van der Waals surface area contributed by atoms with Crippen LogP contribution in [-0.2, 0) is 4.79 Å². The summed E-state index contributed by atoms with van der Waals surface area (Å²) in [5.41, 5.74) is 5.78. The van der Waals surface area contributed by atoms with Crippen LogP contribution in [0.2, 0.25) is 0 Å². The Bertz CT molecular complexity index is 187. The molecule has 76 valence electrons. The van der Waals surface area contributed by atoms with Crippen LogP contribution in [0.1, 0.15) is 46.0 Å². The molecule has 0 aromatic heterocycles. The average molecular weight is 184 g/mol. The van der Waals surface area contributed by atoms with Crippen LogP contribution in [0.3, 0.4) is 0 Å². The first-order valence-corrected chi connectivity index (χ1v) is 5.14. The summed E-state index contributed by atoms with van der Waals surface area (Å²) < 4.78 is 0. The van der Waals surface area contributed by atoms with Crippen LogP contribution in [0, 0.1) is 0 Å². The molecule has 0 aliphatic heterocycles. The van der Waals surface area contributed by atoms with Crippen LogP contribution in [0.5, 0.6) is 0 Å². The first-order valence-electron chi connectivity index (χ1n) is 5.14. The zero-order valence-electron chi connectivity index (χ0n) is 8.60. The fourth-order valence-electron chi connectivity index (χ4n) is 1.56. The molecule has 1 atom stereocenters. The topological polar surface area (TPSA) is 55.1 Å². The summed E-state index contributed by atoms with van der Waals surface area (Å²) in [6.45, 7) is 4.08. The maximum Gasteiger partial charge on any atom is 0.222 e. The maximum absolute atomic E-state index is 11.4. The number of nitrogens with one attached hydrogen (secondary N) is 1. The lowest BCUT2D eigenvalue weighted by Crippen LogP contribution is -2.50. The molecule has 0 aromatic carbocycles. The van der Waals surface area contributed by atoms with E-state index in [1.807, 2.05) is 6.92 Å². The van der Waals surface area contributed by atoms with Gasteiger partial charge in [-0.25, -0.2) is 0 Å². The monoisotopic (exact) mass is 184 g/mol. The SMILES string of the molecule is CCC(C)NC(=O)CC1(N)CCC1. The molecular weight excluding hydrogens is 164 g/mol. The quantitative estimate of drug-likeness (QED) is 0.689. The van der Waals surface area contributed by atoms with Crippen molar-refractivity contribution in [1.29, 1.82) is 0 Å². The average Bonchev–Trinajstić information content (AvgIpc) is 2.01. The highest BCUT2D eigenvalue weighted by atomic mass is 16.1. The number of carbonyl (C=O) groups is 1. The van der Waals surface area contributed by atoms with Crippen LogP contribution >= 0.6 is 0 Å². The Labute approximate surface area is 80.1 Å². The Hall–Kier alpha value is -0.570. The lowest BCUT2D eigenvalue weighted by molar-refractivity contribution is -0.123. The number of carbonyl (C=O) groups excluding carboxylic acids is 1. The Kier molecular flexibility index (Phi) is 3.31. The molecule has 1 amide bonds. The fraction of sp³-hybridized carbons (Fsp3) is 0.900.